The van der Waals surface area contributed by atoms with Crippen molar-refractivity contribution in [3.8, 4) is 0 Å². The van der Waals surface area contributed by atoms with Gasteiger partial charge < -0.3 is 0 Å². The van der Waals surface area contributed by atoms with Crippen LogP contribution in [0.3, 0.4) is 0 Å². The van der Waals surface area contributed by atoms with E-state index in [0.717, 1.165) is 6.08 Å². The van der Waals surface area contributed by atoms with Crippen molar-refractivity contribution in [2.75, 3.05) is 14.2 Å². The van der Waals surface area contributed by atoms with Crippen molar-refractivity contribution in [3.63, 3.8) is 0 Å². The number of methoxy groups -OCH3 is 2. The second-order valence-electron chi connectivity index (χ2n) is 8.76. The van der Waals surface area contributed by atoms with Gasteiger partial charge in [-0.2, -0.15) is 0 Å². The molecule has 0 bridgehead atoms. The van der Waals surface area contributed by atoms with E-state index < -0.39 is 41.9 Å². The van der Waals surface area contributed by atoms with Gasteiger partial charge in [-0.3, -0.25) is 0 Å². The number of carbonyl (C=O) groups is 2. The number of hydrogen-bond donors (Lipinski definition) is 0. The molecule has 0 aliphatic carbocycles. The molecule has 0 atom stereocenters. The molecule has 0 amide bonds. The normalized spacial score (nSPS) is 30.3. The molecule has 2 aliphatic heterocycles. The third-order valence-corrected chi connectivity index (χ3v) is 9.87. The monoisotopic (exact) mass is 406 g/mol. The van der Waals surface area contributed by atoms with Crippen molar-refractivity contribution in [2.24, 2.45) is 0 Å². The van der Waals surface area contributed by atoms with E-state index in [0.29, 0.717) is 0 Å². The number of esters is 2. The second kappa shape index (κ2) is 5.97. The zero-order valence-electron chi connectivity index (χ0n) is 17.8. The van der Waals surface area contributed by atoms with Gasteiger partial charge in [-0.05, 0) is 0 Å². The third-order valence-electron chi connectivity index (χ3n) is 5.69. The molecule has 2 fully saturated rings. The summed E-state index contributed by atoms with van der Waals surface area (Å²) in [6, 6.07) is 0. The molecule has 156 valence electrons. The van der Waals surface area contributed by atoms with Crippen molar-refractivity contribution in [1.82, 2.24) is 0 Å². The van der Waals surface area contributed by atoms with Crippen LogP contribution in [0, 0.1) is 0 Å². The standard InChI is InChI=1S/C18H31O8P/c1-15(2)16(3,4)24-27(23-15,25-17(5,6)18(7,8)26-27)12(14(20)22-10)11-13(19)21-9/h11H,1-10H3/b12-11-. The van der Waals surface area contributed by atoms with Crippen molar-refractivity contribution < 1.29 is 37.2 Å². The maximum atomic E-state index is 12.8. The molecular weight excluding hydrogens is 375 g/mol. The van der Waals surface area contributed by atoms with Gasteiger partial charge in [-0.1, -0.05) is 0 Å². The van der Waals surface area contributed by atoms with Crippen LogP contribution in [0.5, 0.6) is 0 Å². The maximum absolute atomic E-state index is 12.8. The molecule has 27 heavy (non-hydrogen) atoms. The van der Waals surface area contributed by atoms with E-state index in [4.69, 9.17) is 27.6 Å². The van der Waals surface area contributed by atoms with Crippen LogP contribution >= 0.6 is 7.51 Å². The average Bonchev–Trinajstić information content (AvgIpc) is 2.74. The van der Waals surface area contributed by atoms with Gasteiger partial charge in [0.15, 0.2) is 0 Å². The molecule has 0 N–H and O–H groups in total. The molecular formula is C18H31O8P. The molecule has 9 heteroatoms. The molecule has 0 unspecified atom stereocenters. The third kappa shape index (κ3) is 3.12. The second-order valence-corrected chi connectivity index (χ2v) is 11.6. The van der Waals surface area contributed by atoms with E-state index >= 15 is 0 Å². The van der Waals surface area contributed by atoms with Gasteiger partial charge in [0.25, 0.3) is 0 Å². The van der Waals surface area contributed by atoms with E-state index in [2.05, 4.69) is 0 Å². The molecule has 0 aromatic carbocycles. The van der Waals surface area contributed by atoms with Crippen molar-refractivity contribution >= 4 is 19.4 Å². The fourth-order valence-electron chi connectivity index (χ4n) is 2.91. The Morgan fingerprint density at radius 1 is 0.704 bits per heavy atom. The summed E-state index contributed by atoms with van der Waals surface area (Å²) in [5.41, 5.74) is -3.59. The Balaban J connectivity index is 2.87. The minimum absolute atomic E-state index is 0.257. The van der Waals surface area contributed by atoms with Crippen LogP contribution in [0.4, 0.5) is 0 Å². The topological polar surface area (TPSA) is 89.5 Å². The van der Waals surface area contributed by atoms with Crippen LogP contribution in [0.2, 0.25) is 0 Å². The van der Waals surface area contributed by atoms with Gasteiger partial charge >= 0.3 is 160 Å². The first kappa shape index (κ1) is 22.2. The van der Waals surface area contributed by atoms with Crippen molar-refractivity contribution in [2.45, 2.75) is 77.8 Å². The van der Waals surface area contributed by atoms with Crippen LogP contribution in [-0.4, -0.2) is 48.6 Å². The zero-order chi connectivity index (χ0) is 21.1. The fourth-order valence-corrected chi connectivity index (χ4v) is 8.26. The minimum atomic E-state index is -4.78. The van der Waals surface area contributed by atoms with Crippen LogP contribution in [0.25, 0.3) is 0 Å². The van der Waals surface area contributed by atoms with E-state index in [-0.39, 0.29) is 5.31 Å². The molecule has 2 rings (SSSR count). The molecule has 0 saturated carbocycles. The summed E-state index contributed by atoms with van der Waals surface area (Å²) in [4.78, 5) is 24.8. The SMILES string of the molecule is COC(=O)/C=C(/C(=O)OC)P12(OC(C)(C)C(C)(C)O1)OC(C)(C)C(C)(C)O2. The fraction of sp³-hybridized carbons (Fsp3) is 0.778. The molecule has 0 radical (unpaired) electrons. The number of rotatable bonds is 3. The molecule has 1 spiro atoms. The molecule has 0 aromatic heterocycles. The summed E-state index contributed by atoms with van der Waals surface area (Å²) in [6.07, 6.45) is 0.971. The van der Waals surface area contributed by atoms with Gasteiger partial charge in [0, 0.05) is 0 Å². The summed E-state index contributed by atoms with van der Waals surface area (Å²) < 4.78 is 35.2. The Morgan fingerprint density at radius 3 is 1.30 bits per heavy atom. The molecule has 2 saturated heterocycles. The summed E-state index contributed by atoms with van der Waals surface area (Å²) in [5.74, 6) is -1.63. The summed E-state index contributed by atoms with van der Waals surface area (Å²) >= 11 is 0. The molecule has 2 heterocycles. The average molecular weight is 406 g/mol. The van der Waals surface area contributed by atoms with Crippen LogP contribution in [-0.2, 0) is 37.2 Å². The first-order chi connectivity index (χ1) is 12.0. The number of hydrogen-bond acceptors (Lipinski definition) is 8. The summed E-state index contributed by atoms with van der Waals surface area (Å²) in [6.45, 7) is 14.5. The Hall–Kier alpha value is -1.05. The first-order valence-corrected chi connectivity index (χ1v) is 10.6. The van der Waals surface area contributed by atoms with Gasteiger partial charge in [0.1, 0.15) is 0 Å². The molecule has 8 nitrogen and oxygen atoms in total. The van der Waals surface area contributed by atoms with Crippen LogP contribution in [0.15, 0.2) is 11.4 Å². The van der Waals surface area contributed by atoms with E-state index in [1.54, 1.807) is 0 Å². The van der Waals surface area contributed by atoms with E-state index in [1.807, 2.05) is 55.4 Å². The first-order valence-electron chi connectivity index (χ1n) is 8.73. The Kier molecular flexibility index (Phi) is 4.92. The molecule has 2 aliphatic rings. The Labute approximate surface area is 160 Å². The molecule has 0 aromatic rings. The number of carbonyl (C=O) groups excluding carboxylic acids is 2. The Morgan fingerprint density at radius 2 is 1.04 bits per heavy atom. The van der Waals surface area contributed by atoms with E-state index in [9.17, 15) is 9.59 Å². The predicted octanol–water partition coefficient (Wildman–Crippen LogP) is 3.64. The summed E-state index contributed by atoms with van der Waals surface area (Å²) in [5, 5.41) is -0.257. The van der Waals surface area contributed by atoms with Gasteiger partial charge in [-0.25, -0.2) is 0 Å². The quantitative estimate of drug-likeness (QED) is 0.399. The number of ether oxygens (including phenoxy) is 2. The van der Waals surface area contributed by atoms with Gasteiger partial charge in [0.05, 0.1) is 0 Å². The van der Waals surface area contributed by atoms with E-state index in [1.165, 1.54) is 14.2 Å². The zero-order valence-corrected chi connectivity index (χ0v) is 18.7. The van der Waals surface area contributed by atoms with Crippen LogP contribution < -0.4 is 0 Å². The van der Waals surface area contributed by atoms with Crippen LogP contribution in [0.1, 0.15) is 55.4 Å². The van der Waals surface area contributed by atoms with Gasteiger partial charge in [-0.15, -0.1) is 0 Å². The Bertz CT molecular complexity index is 629. The summed E-state index contributed by atoms with van der Waals surface area (Å²) in [7, 11) is -2.38. The van der Waals surface area contributed by atoms with Gasteiger partial charge in [0.2, 0.25) is 0 Å². The van der Waals surface area contributed by atoms with Crippen molar-refractivity contribution in [1.29, 1.82) is 0 Å². The van der Waals surface area contributed by atoms with Crippen molar-refractivity contribution in [3.05, 3.63) is 11.4 Å². The predicted molar refractivity (Wildman–Crippen MR) is 99.7 cm³/mol.